The lowest BCUT2D eigenvalue weighted by Gasteiger charge is -2.40. The smallest absolute Gasteiger partial charge is 0.228 e. The SMILES string of the molecule is CCN[C@H](CC(=O)N1CCN(c2nc(N)c3cc(OC)c(OC)cc3n2)C(C)C1)c1ccc(F)cc1. The van der Waals surface area contributed by atoms with Gasteiger partial charge in [-0.25, -0.2) is 9.37 Å². The molecule has 2 heterocycles. The number of methoxy groups -OCH3 is 2. The zero-order chi connectivity index (χ0) is 25.8. The number of ether oxygens (including phenoxy) is 2. The first kappa shape index (κ1) is 25.4. The quantitative estimate of drug-likeness (QED) is 0.490. The van der Waals surface area contributed by atoms with Crippen molar-refractivity contribution in [3.63, 3.8) is 0 Å². The molecule has 1 unspecified atom stereocenters. The van der Waals surface area contributed by atoms with Crippen molar-refractivity contribution in [2.24, 2.45) is 0 Å². The molecular formula is C26H33FN6O3. The van der Waals surface area contributed by atoms with Crippen molar-refractivity contribution in [3.05, 3.63) is 47.8 Å². The highest BCUT2D eigenvalue weighted by molar-refractivity contribution is 5.91. The number of hydrogen-bond acceptors (Lipinski definition) is 8. The lowest BCUT2D eigenvalue weighted by Crippen LogP contribution is -2.54. The minimum atomic E-state index is -0.292. The number of rotatable bonds is 8. The molecule has 2 atom stereocenters. The Morgan fingerprint density at radius 2 is 1.86 bits per heavy atom. The standard InChI is InChI=1S/C26H33FN6O3/c1-5-29-20(17-6-8-18(27)9-7-17)14-24(34)32-10-11-33(16(2)15-32)26-30-21-13-23(36-4)22(35-3)12-19(21)25(28)31-26/h6-9,12-13,16,20,29H,5,10-11,14-15H2,1-4H3,(H2,28,30,31)/t16?,20-/m1/s1. The van der Waals surface area contributed by atoms with Crippen LogP contribution in [0.3, 0.4) is 0 Å². The molecule has 0 radical (unpaired) electrons. The Morgan fingerprint density at radius 3 is 2.50 bits per heavy atom. The van der Waals surface area contributed by atoms with E-state index in [1.807, 2.05) is 18.7 Å². The Balaban J connectivity index is 1.48. The van der Waals surface area contributed by atoms with E-state index >= 15 is 0 Å². The molecule has 2 aromatic carbocycles. The van der Waals surface area contributed by atoms with Gasteiger partial charge in [-0.3, -0.25) is 4.79 Å². The van der Waals surface area contributed by atoms with Crippen LogP contribution in [0.25, 0.3) is 10.9 Å². The maximum absolute atomic E-state index is 13.4. The maximum atomic E-state index is 13.4. The molecule has 3 N–H and O–H groups in total. The van der Waals surface area contributed by atoms with Crippen LogP contribution in [0.2, 0.25) is 0 Å². The summed E-state index contributed by atoms with van der Waals surface area (Å²) in [6.45, 7) is 6.39. The molecule has 36 heavy (non-hydrogen) atoms. The van der Waals surface area contributed by atoms with Crippen molar-refractivity contribution >= 4 is 28.6 Å². The number of halogens is 1. The average Bonchev–Trinajstić information content (AvgIpc) is 2.88. The summed E-state index contributed by atoms with van der Waals surface area (Å²) >= 11 is 0. The number of fused-ring (bicyclic) bond motifs is 1. The van der Waals surface area contributed by atoms with E-state index in [4.69, 9.17) is 20.2 Å². The van der Waals surface area contributed by atoms with Gasteiger partial charge in [-0.15, -0.1) is 0 Å². The first-order valence-electron chi connectivity index (χ1n) is 12.1. The van der Waals surface area contributed by atoms with Gasteiger partial charge in [-0.1, -0.05) is 19.1 Å². The predicted molar refractivity (Wildman–Crippen MR) is 138 cm³/mol. The topological polar surface area (TPSA) is 106 Å². The molecule has 1 aromatic heterocycles. The highest BCUT2D eigenvalue weighted by atomic mass is 19.1. The van der Waals surface area contributed by atoms with E-state index in [1.165, 1.54) is 12.1 Å². The monoisotopic (exact) mass is 496 g/mol. The number of amides is 1. The Labute approximate surface area is 210 Å². The molecule has 192 valence electrons. The molecule has 1 aliphatic rings. The Bertz CT molecular complexity index is 1220. The molecular weight excluding hydrogens is 463 g/mol. The molecule has 1 aliphatic heterocycles. The van der Waals surface area contributed by atoms with Crippen molar-refractivity contribution in [2.75, 3.05) is 51.0 Å². The van der Waals surface area contributed by atoms with E-state index in [0.717, 1.165) is 5.56 Å². The van der Waals surface area contributed by atoms with Gasteiger partial charge in [0.15, 0.2) is 11.5 Å². The second kappa shape index (κ2) is 10.9. The Kier molecular flexibility index (Phi) is 7.73. The van der Waals surface area contributed by atoms with Gasteiger partial charge in [0.1, 0.15) is 11.6 Å². The molecule has 1 fully saturated rings. The minimum Gasteiger partial charge on any atom is -0.493 e. The van der Waals surface area contributed by atoms with E-state index in [1.54, 1.807) is 38.5 Å². The molecule has 0 saturated carbocycles. The third-order valence-corrected chi connectivity index (χ3v) is 6.56. The summed E-state index contributed by atoms with van der Waals surface area (Å²) in [5.74, 6) is 1.75. The molecule has 10 heteroatoms. The first-order valence-corrected chi connectivity index (χ1v) is 12.1. The van der Waals surface area contributed by atoms with E-state index < -0.39 is 0 Å². The molecule has 1 amide bonds. The second-order valence-corrected chi connectivity index (χ2v) is 8.88. The van der Waals surface area contributed by atoms with E-state index in [9.17, 15) is 9.18 Å². The van der Waals surface area contributed by atoms with Crippen molar-refractivity contribution in [3.8, 4) is 11.5 Å². The van der Waals surface area contributed by atoms with Gasteiger partial charge in [-0.2, -0.15) is 4.98 Å². The van der Waals surface area contributed by atoms with Crippen LogP contribution in [0.5, 0.6) is 11.5 Å². The molecule has 0 spiro atoms. The number of anilines is 2. The van der Waals surface area contributed by atoms with Crippen LogP contribution in [0.15, 0.2) is 36.4 Å². The maximum Gasteiger partial charge on any atom is 0.228 e. The number of carbonyl (C=O) groups is 1. The van der Waals surface area contributed by atoms with Crippen LogP contribution >= 0.6 is 0 Å². The summed E-state index contributed by atoms with van der Waals surface area (Å²) < 4.78 is 24.1. The summed E-state index contributed by atoms with van der Waals surface area (Å²) in [5, 5.41) is 4.03. The number of piperazine rings is 1. The number of nitrogens with two attached hydrogens (primary N) is 1. The summed E-state index contributed by atoms with van der Waals surface area (Å²) in [5.41, 5.74) is 7.83. The fourth-order valence-corrected chi connectivity index (χ4v) is 4.63. The molecule has 4 rings (SSSR count). The summed E-state index contributed by atoms with van der Waals surface area (Å²) in [7, 11) is 3.14. The number of benzene rings is 2. The molecule has 0 aliphatic carbocycles. The largest absolute Gasteiger partial charge is 0.493 e. The van der Waals surface area contributed by atoms with Crippen LogP contribution in [0.1, 0.15) is 31.9 Å². The summed E-state index contributed by atoms with van der Waals surface area (Å²) in [6.07, 6.45) is 0.299. The molecule has 1 saturated heterocycles. The van der Waals surface area contributed by atoms with Gasteiger partial charge >= 0.3 is 0 Å². The van der Waals surface area contributed by atoms with Crippen molar-refractivity contribution < 1.29 is 18.7 Å². The third kappa shape index (κ3) is 5.28. The minimum absolute atomic E-state index is 0.0110. The van der Waals surface area contributed by atoms with Gasteiger partial charge in [-0.05, 0) is 37.2 Å². The summed E-state index contributed by atoms with van der Waals surface area (Å²) in [6, 6.07) is 9.67. The summed E-state index contributed by atoms with van der Waals surface area (Å²) in [4.78, 5) is 26.4. The number of nitrogens with zero attached hydrogens (tertiary/aromatic N) is 4. The van der Waals surface area contributed by atoms with Crippen LogP contribution in [0, 0.1) is 5.82 Å². The Morgan fingerprint density at radius 1 is 1.17 bits per heavy atom. The molecule has 9 nitrogen and oxygen atoms in total. The van der Waals surface area contributed by atoms with Crippen molar-refractivity contribution in [1.29, 1.82) is 0 Å². The van der Waals surface area contributed by atoms with Gasteiger partial charge < -0.3 is 30.3 Å². The van der Waals surface area contributed by atoms with Gasteiger partial charge in [0.2, 0.25) is 11.9 Å². The van der Waals surface area contributed by atoms with E-state index in [-0.39, 0.29) is 23.8 Å². The van der Waals surface area contributed by atoms with Gasteiger partial charge in [0, 0.05) is 49.6 Å². The number of hydrogen-bond donors (Lipinski definition) is 2. The second-order valence-electron chi connectivity index (χ2n) is 8.88. The Hall–Kier alpha value is -3.66. The average molecular weight is 497 g/mol. The zero-order valence-corrected chi connectivity index (χ0v) is 21.1. The highest BCUT2D eigenvalue weighted by Crippen LogP contribution is 2.34. The van der Waals surface area contributed by atoms with E-state index in [0.29, 0.717) is 66.8 Å². The van der Waals surface area contributed by atoms with Gasteiger partial charge in [0.05, 0.1) is 19.7 Å². The van der Waals surface area contributed by atoms with Crippen LogP contribution in [-0.2, 0) is 4.79 Å². The zero-order valence-electron chi connectivity index (χ0n) is 21.1. The third-order valence-electron chi connectivity index (χ3n) is 6.56. The molecule has 0 bridgehead atoms. The fourth-order valence-electron chi connectivity index (χ4n) is 4.63. The van der Waals surface area contributed by atoms with Crippen molar-refractivity contribution in [1.82, 2.24) is 20.2 Å². The number of aromatic nitrogens is 2. The lowest BCUT2D eigenvalue weighted by molar-refractivity contribution is -0.132. The van der Waals surface area contributed by atoms with Gasteiger partial charge in [0.25, 0.3) is 0 Å². The highest BCUT2D eigenvalue weighted by Gasteiger charge is 2.30. The predicted octanol–water partition coefficient (Wildman–Crippen LogP) is 3.15. The fraction of sp³-hybridized carbons (Fsp3) is 0.423. The van der Waals surface area contributed by atoms with Crippen molar-refractivity contribution in [2.45, 2.75) is 32.4 Å². The van der Waals surface area contributed by atoms with E-state index in [2.05, 4.69) is 15.2 Å². The lowest BCUT2D eigenvalue weighted by atomic mass is 10.0. The molecule has 3 aromatic rings. The van der Waals surface area contributed by atoms with Crippen LogP contribution in [-0.4, -0.2) is 67.2 Å². The number of nitrogen functional groups attached to an aromatic ring is 1. The normalized spacial score (nSPS) is 16.8. The number of nitrogens with one attached hydrogen (secondary N) is 1. The first-order chi connectivity index (χ1) is 17.3. The van der Waals surface area contributed by atoms with Crippen LogP contribution in [0.4, 0.5) is 16.2 Å². The van der Waals surface area contributed by atoms with Crippen LogP contribution < -0.4 is 25.4 Å². The number of carbonyl (C=O) groups excluding carboxylic acids is 1.